The quantitative estimate of drug-likeness (QED) is 0.193. The molecule has 2 aromatic carbocycles. The number of amides is 1. The lowest BCUT2D eigenvalue weighted by Crippen LogP contribution is -2.52. The molecule has 0 spiro atoms. The van der Waals surface area contributed by atoms with Gasteiger partial charge in [0.1, 0.15) is 28.5 Å². The van der Waals surface area contributed by atoms with Crippen molar-refractivity contribution in [2.24, 2.45) is 0 Å². The Morgan fingerprint density at radius 2 is 1.80 bits per heavy atom. The first-order chi connectivity index (χ1) is 19.5. The van der Waals surface area contributed by atoms with E-state index in [-0.39, 0.29) is 25.5 Å². The van der Waals surface area contributed by atoms with Crippen molar-refractivity contribution in [3.05, 3.63) is 81.4 Å². The van der Waals surface area contributed by atoms with Crippen molar-refractivity contribution < 1.29 is 34.4 Å². The van der Waals surface area contributed by atoms with Crippen molar-refractivity contribution in [1.82, 2.24) is 0 Å². The van der Waals surface area contributed by atoms with Gasteiger partial charge in [-0.25, -0.2) is 9.59 Å². The van der Waals surface area contributed by atoms with E-state index in [1.807, 2.05) is 39.0 Å². The van der Waals surface area contributed by atoms with Crippen LogP contribution in [-0.4, -0.2) is 37.5 Å². The van der Waals surface area contributed by atoms with Crippen LogP contribution in [0, 0.1) is 13.8 Å². The minimum Gasteiger partial charge on any atom is -0.496 e. The van der Waals surface area contributed by atoms with Crippen LogP contribution >= 0.6 is 11.3 Å². The fourth-order valence-corrected chi connectivity index (χ4v) is 5.64. The zero-order valence-electron chi connectivity index (χ0n) is 23.6. The number of ether oxygens (including phenoxy) is 3. The van der Waals surface area contributed by atoms with Gasteiger partial charge in [0.25, 0.3) is 5.91 Å². The second-order valence-corrected chi connectivity index (χ2v) is 11.6. The van der Waals surface area contributed by atoms with Gasteiger partial charge in [-0.1, -0.05) is 6.07 Å². The number of likely N-dealkylation sites (N-methyl/N-ethyl adjacent to an activating group) is 1. The summed E-state index contributed by atoms with van der Waals surface area (Å²) < 4.78 is 22.3. The van der Waals surface area contributed by atoms with Crippen LogP contribution in [0.5, 0.6) is 11.5 Å². The third-order valence-corrected chi connectivity index (χ3v) is 7.90. The van der Waals surface area contributed by atoms with Crippen LogP contribution in [0.25, 0.3) is 11.1 Å². The number of aryl methyl sites for hydroxylation is 2. The van der Waals surface area contributed by atoms with Gasteiger partial charge in [-0.05, 0) is 69.7 Å². The van der Waals surface area contributed by atoms with E-state index in [4.69, 9.17) is 18.6 Å². The molecule has 9 nitrogen and oxygen atoms in total. The fourth-order valence-electron chi connectivity index (χ4n) is 4.88. The molecule has 41 heavy (non-hydrogen) atoms. The number of thiophene rings is 1. The van der Waals surface area contributed by atoms with Crippen LogP contribution in [0.1, 0.15) is 51.5 Å². The third kappa shape index (κ3) is 5.30. The summed E-state index contributed by atoms with van der Waals surface area (Å²) in [5.41, 5.74) is 3.16. The Morgan fingerprint density at radius 1 is 1.05 bits per heavy atom. The number of nitrogens with one attached hydrogen (secondary N) is 1. The number of rotatable bonds is 7. The molecule has 3 heterocycles. The topological polar surface area (TPSA) is 107 Å². The van der Waals surface area contributed by atoms with Crippen molar-refractivity contribution in [3.8, 4) is 22.6 Å². The van der Waals surface area contributed by atoms with Gasteiger partial charge in [-0.2, -0.15) is 0 Å². The second-order valence-electron chi connectivity index (χ2n) is 10.3. The maximum Gasteiger partial charge on any atom is 0.379 e. The van der Waals surface area contributed by atoms with E-state index < -0.39 is 17.5 Å². The number of furan rings is 1. The van der Waals surface area contributed by atoms with E-state index in [1.54, 1.807) is 49.2 Å². The van der Waals surface area contributed by atoms with Gasteiger partial charge >= 0.3 is 11.9 Å². The van der Waals surface area contributed by atoms with E-state index in [0.29, 0.717) is 38.6 Å². The van der Waals surface area contributed by atoms with E-state index in [1.165, 1.54) is 24.7 Å². The molecule has 4 aromatic rings. The number of carbonyl (C=O) groups is 3. The highest BCUT2D eigenvalue weighted by Gasteiger charge is 2.39. The van der Waals surface area contributed by atoms with Crippen molar-refractivity contribution in [2.75, 3.05) is 24.4 Å². The van der Waals surface area contributed by atoms with E-state index in [2.05, 4.69) is 5.32 Å². The number of methoxy groups -OCH3 is 1. The van der Waals surface area contributed by atoms with E-state index in [9.17, 15) is 14.4 Å². The van der Waals surface area contributed by atoms with Crippen LogP contribution in [0.2, 0.25) is 0 Å². The molecular weight excluding hydrogens is 544 g/mol. The average molecular weight is 577 g/mol. The van der Waals surface area contributed by atoms with Gasteiger partial charge in [-0.3, -0.25) is 4.79 Å². The molecule has 0 atom stereocenters. The number of benzene rings is 2. The summed E-state index contributed by atoms with van der Waals surface area (Å²) in [7, 11) is 3.22. The lowest BCUT2D eigenvalue weighted by Gasteiger charge is -2.39. The number of carbonyl (C=O) groups excluding carboxylic acids is 3. The predicted octanol–water partition coefficient (Wildman–Crippen LogP) is 6.62. The van der Waals surface area contributed by atoms with Gasteiger partial charge < -0.3 is 28.8 Å². The first-order valence-electron chi connectivity index (χ1n) is 12.9. The summed E-state index contributed by atoms with van der Waals surface area (Å²) in [5, 5.41) is 3.31. The summed E-state index contributed by atoms with van der Waals surface area (Å²) in [5.74, 6) is -0.400. The minimum absolute atomic E-state index is 0. The van der Waals surface area contributed by atoms with Gasteiger partial charge in [-0.15, -0.1) is 11.3 Å². The summed E-state index contributed by atoms with van der Waals surface area (Å²) >= 11 is 1.35. The molecule has 10 heteroatoms. The average Bonchev–Trinajstić information content (AvgIpc) is 3.58. The standard InChI is InChI=1S/C31H30N2O7S.H2/c1-17-13-14-38-27(17)29(35)40-19-8-9-21(24(15-19)37-6)20-10-11-23-26(33(5)30(36)31(3,4)32-23)22(20)16-39-28(34)25-12-7-18(2)41-25;/h7-15,32H,16H2,1-6H3;1H. The summed E-state index contributed by atoms with van der Waals surface area (Å²) in [6, 6.07) is 14.1. The van der Waals surface area contributed by atoms with Crippen molar-refractivity contribution in [1.29, 1.82) is 0 Å². The lowest BCUT2D eigenvalue weighted by molar-refractivity contribution is -0.121. The highest BCUT2D eigenvalue weighted by Crippen LogP contribution is 2.45. The molecule has 5 rings (SSSR count). The minimum atomic E-state index is -0.818. The Bertz CT molecular complexity index is 1670. The number of esters is 2. The summed E-state index contributed by atoms with van der Waals surface area (Å²) in [6.07, 6.45) is 1.43. The second kappa shape index (κ2) is 10.8. The highest BCUT2D eigenvalue weighted by atomic mass is 32.1. The molecule has 214 valence electrons. The summed E-state index contributed by atoms with van der Waals surface area (Å²) in [6.45, 7) is 7.21. The molecule has 0 bridgehead atoms. The molecule has 1 amide bonds. The Balaban J connectivity index is 0.00000405. The lowest BCUT2D eigenvalue weighted by atomic mass is 9.91. The smallest absolute Gasteiger partial charge is 0.379 e. The van der Waals surface area contributed by atoms with Crippen molar-refractivity contribution in [2.45, 2.75) is 39.8 Å². The molecule has 0 fully saturated rings. The number of hydrogen-bond donors (Lipinski definition) is 1. The van der Waals surface area contributed by atoms with E-state index >= 15 is 0 Å². The van der Waals surface area contributed by atoms with Crippen LogP contribution in [0.3, 0.4) is 0 Å². The molecule has 0 saturated carbocycles. The largest absolute Gasteiger partial charge is 0.496 e. The van der Waals surface area contributed by atoms with Crippen LogP contribution < -0.4 is 19.7 Å². The molecule has 0 aliphatic carbocycles. The first kappa shape index (κ1) is 28.0. The van der Waals surface area contributed by atoms with Crippen molar-refractivity contribution in [3.63, 3.8) is 0 Å². The number of hydrogen-bond acceptors (Lipinski definition) is 9. The monoisotopic (exact) mass is 576 g/mol. The SMILES string of the molecule is COc1cc(OC(=O)c2occc2C)ccc1-c1ccc2c(c1COC(=O)c1ccc(C)s1)N(C)C(=O)C(C)(C)N2.[HH]. The number of fused-ring (bicyclic) bond motifs is 1. The molecule has 0 saturated heterocycles. The molecule has 1 N–H and O–H groups in total. The van der Waals surface area contributed by atoms with Gasteiger partial charge in [0.05, 0.1) is 24.7 Å². The number of anilines is 2. The molecule has 1 aliphatic heterocycles. The van der Waals surface area contributed by atoms with Crippen molar-refractivity contribution >= 4 is 40.6 Å². The predicted molar refractivity (Wildman–Crippen MR) is 158 cm³/mol. The van der Waals surface area contributed by atoms with Gasteiger partial charge in [0.2, 0.25) is 5.76 Å². The highest BCUT2D eigenvalue weighted by molar-refractivity contribution is 7.13. The Hall–Kier alpha value is -4.57. The van der Waals surface area contributed by atoms with Crippen LogP contribution in [-0.2, 0) is 16.1 Å². The van der Waals surface area contributed by atoms with Gasteiger partial charge in [0, 0.05) is 36.1 Å². The van der Waals surface area contributed by atoms with Crippen LogP contribution in [0.15, 0.2) is 59.2 Å². The number of nitrogens with zero attached hydrogens (tertiary/aromatic N) is 1. The molecule has 2 aromatic heterocycles. The molecular formula is C31H32N2O7S. The van der Waals surface area contributed by atoms with Crippen LogP contribution in [0.4, 0.5) is 11.4 Å². The Kier molecular flexibility index (Phi) is 7.35. The maximum absolute atomic E-state index is 13.2. The third-order valence-electron chi connectivity index (χ3n) is 6.91. The Morgan fingerprint density at radius 3 is 2.46 bits per heavy atom. The Labute approximate surface area is 243 Å². The normalized spacial score (nSPS) is 13.8. The van der Waals surface area contributed by atoms with Gasteiger partial charge in [0.15, 0.2) is 0 Å². The maximum atomic E-state index is 13.2. The molecule has 0 radical (unpaired) electrons. The molecule has 0 unspecified atom stereocenters. The van der Waals surface area contributed by atoms with E-state index in [0.717, 1.165) is 10.6 Å². The zero-order valence-corrected chi connectivity index (χ0v) is 24.4. The fraction of sp³-hybridized carbons (Fsp3) is 0.258. The first-order valence-corrected chi connectivity index (χ1v) is 13.7. The molecule has 1 aliphatic rings. The zero-order chi connectivity index (χ0) is 29.5. The summed E-state index contributed by atoms with van der Waals surface area (Å²) in [4.78, 5) is 41.8.